The van der Waals surface area contributed by atoms with Crippen molar-refractivity contribution in [1.82, 2.24) is 21.6 Å². The Morgan fingerprint density at radius 2 is 1.76 bits per heavy atom. The summed E-state index contributed by atoms with van der Waals surface area (Å²) in [6.07, 6.45) is 6.44. The van der Waals surface area contributed by atoms with E-state index in [0.717, 1.165) is 12.8 Å². The predicted octanol–water partition coefficient (Wildman–Crippen LogP) is -0.157. The summed E-state index contributed by atoms with van der Waals surface area (Å²) in [7, 11) is 0. The zero-order valence-electron chi connectivity index (χ0n) is 14.6. The van der Waals surface area contributed by atoms with E-state index in [2.05, 4.69) is 10.6 Å². The van der Waals surface area contributed by atoms with Crippen molar-refractivity contribution in [3.63, 3.8) is 0 Å². The quantitative estimate of drug-likeness (QED) is 0.203. The smallest absolute Gasteiger partial charge is 0.257 e. The molecule has 9 nitrogen and oxygen atoms in total. The minimum absolute atomic E-state index is 0.214. The molecule has 1 fully saturated rings. The summed E-state index contributed by atoms with van der Waals surface area (Å²) >= 11 is 0. The molecule has 0 bridgehead atoms. The van der Waals surface area contributed by atoms with E-state index in [1.54, 1.807) is 11.6 Å². The Morgan fingerprint density at radius 1 is 1.08 bits per heavy atom. The normalized spacial score (nSPS) is 21.8. The summed E-state index contributed by atoms with van der Waals surface area (Å²) < 4.78 is 0. The standard InChI is InChI=1S/C16H28N4O5/c1-10(2)7-8-13(17-9-14(21)19-24)16(23)18-12-6-4-3-5-11(12)15(22)20-25/h7-8,10-13,17,24-25H,3-6,9H2,1-2H3,(H,18,23)(H,19,21)(H,20,22). The van der Waals surface area contributed by atoms with Gasteiger partial charge in [-0.05, 0) is 18.8 Å². The highest BCUT2D eigenvalue weighted by Crippen LogP contribution is 2.24. The molecule has 25 heavy (non-hydrogen) atoms. The first-order chi connectivity index (χ1) is 11.9. The van der Waals surface area contributed by atoms with E-state index in [-0.39, 0.29) is 24.4 Å². The summed E-state index contributed by atoms with van der Waals surface area (Å²) in [6.45, 7) is 3.67. The molecule has 6 N–H and O–H groups in total. The maximum absolute atomic E-state index is 12.6. The van der Waals surface area contributed by atoms with Crippen LogP contribution in [0.4, 0.5) is 0 Å². The van der Waals surface area contributed by atoms with Crippen LogP contribution in [0, 0.1) is 11.8 Å². The third-order valence-electron chi connectivity index (χ3n) is 4.12. The summed E-state index contributed by atoms with van der Waals surface area (Å²) in [5.41, 5.74) is 3.15. The van der Waals surface area contributed by atoms with E-state index in [1.807, 2.05) is 19.9 Å². The molecule has 1 aliphatic carbocycles. The molecule has 1 rings (SSSR count). The van der Waals surface area contributed by atoms with Gasteiger partial charge in [-0.1, -0.05) is 38.8 Å². The molecule has 0 heterocycles. The molecule has 9 heteroatoms. The van der Waals surface area contributed by atoms with Gasteiger partial charge in [-0.25, -0.2) is 11.0 Å². The highest BCUT2D eigenvalue weighted by Gasteiger charge is 2.33. The fourth-order valence-corrected chi connectivity index (χ4v) is 2.80. The van der Waals surface area contributed by atoms with Gasteiger partial charge >= 0.3 is 0 Å². The first-order valence-corrected chi connectivity index (χ1v) is 8.48. The molecular weight excluding hydrogens is 328 g/mol. The molecule has 0 aromatic heterocycles. The lowest BCUT2D eigenvalue weighted by Crippen LogP contribution is -2.53. The zero-order chi connectivity index (χ0) is 18.8. The molecule has 0 aliphatic heterocycles. The number of amides is 3. The van der Waals surface area contributed by atoms with E-state index in [0.29, 0.717) is 12.8 Å². The molecule has 3 amide bonds. The lowest BCUT2D eigenvalue weighted by atomic mass is 9.84. The van der Waals surface area contributed by atoms with E-state index in [1.165, 1.54) is 5.48 Å². The third-order valence-corrected chi connectivity index (χ3v) is 4.12. The largest absolute Gasteiger partial charge is 0.351 e. The molecule has 0 saturated heterocycles. The highest BCUT2D eigenvalue weighted by molar-refractivity contribution is 5.86. The number of carbonyl (C=O) groups excluding carboxylic acids is 3. The Bertz CT molecular complexity index is 495. The number of carbonyl (C=O) groups is 3. The molecule has 1 aliphatic rings. The van der Waals surface area contributed by atoms with Crippen molar-refractivity contribution in [3.05, 3.63) is 12.2 Å². The van der Waals surface area contributed by atoms with Crippen LogP contribution >= 0.6 is 0 Å². The summed E-state index contributed by atoms with van der Waals surface area (Å²) in [6, 6.07) is -1.16. The van der Waals surface area contributed by atoms with Gasteiger partial charge < -0.3 is 5.32 Å². The lowest BCUT2D eigenvalue weighted by molar-refractivity contribution is -0.136. The molecule has 3 atom stereocenters. The predicted molar refractivity (Wildman–Crippen MR) is 89.5 cm³/mol. The topological polar surface area (TPSA) is 140 Å². The number of hydrogen-bond acceptors (Lipinski definition) is 6. The second-order valence-corrected chi connectivity index (χ2v) is 6.50. The van der Waals surface area contributed by atoms with Crippen LogP contribution in [0.15, 0.2) is 12.2 Å². The number of rotatable bonds is 8. The number of hydroxylamine groups is 2. The molecule has 0 aromatic carbocycles. The van der Waals surface area contributed by atoms with Crippen molar-refractivity contribution in [3.8, 4) is 0 Å². The van der Waals surface area contributed by atoms with Gasteiger partial charge in [-0.2, -0.15) is 0 Å². The van der Waals surface area contributed by atoms with Crippen LogP contribution in [-0.2, 0) is 14.4 Å². The van der Waals surface area contributed by atoms with Crippen LogP contribution in [0.2, 0.25) is 0 Å². The molecule has 0 aromatic rings. The highest BCUT2D eigenvalue weighted by atomic mass is 16.5. The average Bonchev–Trinajstić information content (AvgIpc) is 2.60. The van der Waals surface area contributed by atoms with Crippen molar-refractivity contribution in [2.24, 2.45) is 11.8 Å². The van der Waals surface area contributed by atoms with Gasteiger partial charge in [-0.3, -0.25) is 30.1 Å². The first kappa shape index (κ1) is 21.1. The van der Waals surface area contributed by atoms with E-state index in [9.17, 15) is 14.4 Å². The maximum Gasteiger partial charge on any atom is 0.257 e. The fourth-order valence-electron chi connectivity index (χ4n) is 2.80. The van der Waals surface area contributed by atoms with Crippen LogP contribution in [-0.4, -0.2) is 46.8 Å². The van der Waals surface area contributed by atoms with Crippen molar-refractivity contribution < 1.29 is 24.8 Å². The number of nitrogens with one attached hydrogen (secondary N) is 4. The SMILES string of the molecule is CC(C)C=CC(NCC(=O)NO)C(=O)NC1CCCCC1C(=O)NO. The van der Waals surface area contributed by atoms with Gasteiger partial charge in [0.2, 0.25) is 11.8 Å². The minimum atomic E-state index is -0.778. The second-order valence-electron chi connectivity index (χ2n) is 6.50. The van der Waals surface area contributed by atoms with Gasteiger partial charge in [0.15, 0.2) is 0 Å². The van der Waals surface area contributed by atoms with Crippen molar-refractivity contribution in [2.75, 3.05) is 6.54 Å². The molecule has 3 unspecified atom stereocenters. The zero-order valence-corrected chi connectivity index (χ0v) is 14.6. The van der Waals surface area contributed by atoms with Crippen molar-refractivity contribution in [2.45, 2.75) is 51.6 Å². The van der Waals surface area contributed by atoms with E-state index >= 15 is 0 Å². The Labute approximate surface area is 147 Å². The molecule has 142 valence electrons. The Hall–Kier alpha value is -1.97. The maximum atomic E-state index is 12.6. The summed E-state index contributed by atoms with van der Waals surface area (Å²) in [5.74, 6) is -1.81. The van der Waals surface area contributed by atoms with Crippen molar-refractivity contribution >= 4 is 17.7 Å². The second kappa shape index (κ2) is 10.8. The number of allylic oxidation sites excluding steroid dienone is 1. The first-order valence-electron chi connectivity index (χ1n) is 8.48. The Balaban J connectivity index is 2.77. The van der Waals surface area contributed by atoms with Gasteiger partial charge in [-0.15, -0.1) is 0 Å². The molecular formula is C16H28N4O5. The third kappa shape index (κ3) is 7.20. The van der Waals surface area contributed by atoms with Gasteiger partial charge in [0.1, 0.15) is 6.04 Å². The van der Waals surface area contributed by atoms with Crippen molar-refractivity contribution in [1.29, 1.82) is 0 Å². The Morgan fingerprint density at radius 3 is 2.36 bits per heavy atom. The monoisotopic (exact) mass is 356 g/mol. The van der Waals surface area contributed by atoms with Crippen LogP contribution in [0.25, 0.3) is 0 Å². The molecule has 0 spiro atoms. The number of hydrogen-bond donors (Lipinski definition) is 6. The van der Waals surface area contributed by atoms with Crippen LogP contribution in [0.1, 0.15) is 39.5 Å². The van der Waals surface area contributed by atoms with Gasteiger partial charge in [0, 0.05) is 6.04 Å². The van der Waals surface area contributed by atoms with Crippen LogP contribution < -0.4 is 21.6 Å². The molecule has 1 saturated carbocycles. The lowest BCUT2D eigenvalue weighted by Gasteiger charge is -2.31. The van der Waals surface area contributed by atoms with E-state index < -0.39 is 23.8 Å². The Kier molecular flexibility index (Phi) is 9.11. The van der Waals surface area contributed by atoms with Crippen LogP contribution in [0.3, 0.4) is 0 Å². The summed E-state index contributed by atoms with van der Waals surface area (Å²) in [4.78, 5) is 35.5. The van der Waals surface area contributed by atoms with Crippen LogP contribution in [0.5, 0.6) is 0 Å². The van der Waals surface area contributed by atoms with Gasteiger partial charge in [0.05, 0.1) is 12.5 Å². The fraction of sp³-hybridized carbons (Fsp3) is 0.688. The molecule has 0 radical (unpaired) electrons. The van der Waals surface area contributed by atoms with E-state index in [4.69, 9.17) is 10.4 Å². The average molecular weight is 356 g/mol. The summed E-state index contributed by atoms with van der Waals surface area (Å²) in [5, 5.41) is 23.0. The minimum Gasteiger partial charge on any atom is -0.351 e. The van der Waals surface area contributed by atoms with Gasteiger partial charge in [0.25, 0.3) is 5.91 Å².